The van der Waals surface area contributed by atoms with Gasteiger partial charge in [0.2, 0.25) is 0 Å². The number of nitrogens with zero attached hydrogens (tertiary/aromatic N) is 2. The van der Waals surface area contributed by atoms with Crippen molar-refractivity contribution in [2.75, 3.05) is 5.73 Å². The van der Waals surface area contributed by atoms with Crippen molar-refractivity contribution < 1.29 is 0 Å². The third-order valence-corrected chi connectivity index (χ3v) is 3.74. The molecule has 2 heterocycles. The van der Waals surface area contributed by atoms with Crippen LogP contribution in [0.1, 0.15) is 42.4 Å². The van der Waals surface area contributed by atoms with E-state index in [0.29, 0.717) is 6.04 Å². The number of nitrogen functional groups attached to an aromatic ring is 1. The lowest BCUT2D eigenvalue weighted by Gasteiger charge is -2.13. The maximum atomic E-state index is 6.25. The summed E-state index contributed by atoms with van der Waals surface area (Å²) in [5, 5.41) is 1.12. The molecule has 0 aliphatic heterocycles. The van der Waals surface area contributed by atoms with E-state index < -0.39 is 0 Å². The van der Waals surface area contributed by atoms with Crippen LogP contribution >= 0.6 is 0 Å². The van der Waals surface area contributed by atoms with Gasteiger partial charge in [0.25, 0.3) is 0 Å². The highest BCUT2D eigenvalue weighted by atomic mass is 15.1. The number of pyridine rings is 1. The van der Waals surface area contributed by atoms with E-state index in [1.54, 1.807) is 0 Å². The second kappa shape index (κ2) is 3.76. The molecule has 0 amide bonds. The molecule has 17 heavy (non-hydrogen) atoms. The highest BCUT2D eigenvalue weighted by molar-refractivity contribution is 5.94. The molecule has 2 aromatic heterocycles. The second-order valence-corrected chi connectivity index (χ2v) is 5.11. The first-order valence-electron chi connectivity index (χ1n) is 6.10. The normalized spacial score (nSPS) is 11.7. The molecule has 0 spiro atoms. The van der Waals surface area contributed by atoms with Gasteiger partial charge in [-0.05, 0) is 52.7 Å². The van der Waals surface area contributed by atoms with Crippen molar-refractivity contribution in [3.63, 3.8) is 0 Å². The number of aryl methyl sites for hydroxylation is 2. The largest absolute Gasteiger partial charge is 0.398 e. The van der Waals surface area contributed by atoms with Crippen LogP contribution in [0.4, 0.5) is 5.69 Å². The lowest BCUT2D eigenvalue weighted by Crippen LogP contribution is -2.05. The zero-order valence-corrected chi connectivity index (χ0v) is 11.5. The molecule has 3 nitrogen and oxygen atoms in total. The summed E-state index contributed by atoms with van der Waals surface area (Å²) in [7, 11) is 0. The predicted octanol–water partition coefficient (Wildman–Crippen LogP) is 3.43. The molecule has 0 aliphatic carbocycles. The van der Waals surface area contributed by atoms with Crippen molar-refractivity contribution in [3.8, 4) is 0 Å². The van der Waals surface area contributed by atoms with Gasteiger partial charge in [0.15, 0.2) is 0 Å². The summed E-state index contributed by atoms with van der Waals surface area (Å²) in [6, 6.07) is 0.403. The van der Waals surface area contributed by atoms with Gasteiger partial charge in [0.05, 0.1) is 0 Å². The zero-order valence-electron chi connectivity index (χ0n) is 11.5. The van der Waals surface area contributed by atoms with Crippen molar-refractivity contribution in [3.05, 3.63) is 22.5 Å². The minimum atomic E-state index is 0.403. The maximum absolute atomic E-state index is 6.25. The maximum Gasteiger partial charge on any atom is 0.142 e. The van der Waals surface area contributed by atoms with Crippen LogP contribution in [0.25, 0.3) is 11.0 Å². The summed E-state index contributed by atoms with van der Waals surface area (Å²) in [5.74, 6) is 0. The number of nitrogens with two attached hydrogens (primary N) is 1. The Bertz CT molecular complexity index is 592. The zero-order chi connectivity index (χ0) is 12.9. The predicted molar refractivity (Wildman–Crippen MR) is 73.5 cm³/mol. The number of fused-ring (bicyclic) bond motifs is 1. The van der Waals surface area contributed by atoms with Crippen LogP contribution in [0.15, 0.2) is 0 Å². The van der Waals surface area contributed by atoms with Gasteiger partial charge in [0, 0.05) is 28.5 Å². The van der Waals surface area contributed by atoms with Gasteiger partial charge in [-0.25, -0.2) is 4.98 Å². The van der Waals surface area contributed by atoms with E-state index in [1.807, 2.05) is 13.8 Å². The molecule has 0 saturated heterocycles. The van der Waals surface area contributed by atoms with E-state index >= 15 is 0 Å². The van der Waals surface area contributed by atoms with Crippen LogP contribution in [0, 0.1) is 27.7 Å². The van der Waals surface area contributed by atoms with E-state index in [2.05, 4.69) is 32.3 Å². The molecule has 2 rings (SSSR count). The molecular formula is C14H21N3. The van der Waals surface area contributed by atoms with Crippen molar-refractivity contribution >= 4 is 16.7 Å². The monoisotopic (exact) mass is 231 g/mol. The average Bonchev–Trinajstić information content (AvgIpc) is 2.48. The van der Waals surface area contributed by atoms with Crippen LogP contribution in [0.3, 0.4) is 0 Å². The smallest absolute Gasteiger partial charge is 0.142 e. The van der Waals surface area contributed by atoms with Gasteiger partial charge in [-0.2, -0.15) is 0 Å². The Balaban J connectivity index is 3.01. The Kier molecular flexibility index (Phi) is 2.64. The lowest BCUT2D eigenvalue weighted by atomic mass is 10.1. The SMILES string of the molecule is Cc1nc2c(c(C)c(C)n2C(C)C)c(N)c1C. The Labute approximate surface area is 103 Å². The fourth-order valence-corrected chi connectivity index (χ4v) is 2.50. The average molecular weight is 231 g/mol. The summed E-state index contributed by atoms with van der Waals surface area (Å²) < 4.78 is 2.27. The summed E-state index contributed by atoms with van der Waals surface area (Å²) >= 11 is 0. The van der Waals surface area contributed by atoms with Crippen molar-refractivity contribution in [2.24, 2.45) is 0 Å². The van der Waals surface area contributed by atoms with E-state index in [-0.39, 0.29) is 0 Å². The van der Waals surface area contributed by atoms with E-state index in [1.165, 1.54) is 11.3 Å². The molecule has 2 aromatic rings. The Morgan fingerprint density at radius 1 is 1.06 bits per heavy atom. The van der Waals surface area contributed by atoms with Gasteiger partial charge >= 0.3 is 0 Å². The van der Waals surface area contributed by atoms with Crippen molar-refractivity contribution in [1.82, 2.24) is 9.55 Å². The van der Waals surface area contributed by atoms with Gasteiger partial charge in [-0.3, -0.25) is 0 Å². The molecule has 92 valence electrons. The quantitative estimate of drug-likeness (QED) is 0.817. The second-order valence-electron chi connectivity index (χ2n) is 5.11. The molecule has 0 radical (unpaired) electrons. The van der Waals surface area contributed by atoms with Crippen LogP contribution < -0.4 is 5.73 Å². The lowest BCUT2D eigenvalue weighted by molar-refractivity contribution is 0.601. The number of hydrogen-bond acceptors (Lipinski definition) is 2. The fourth-order valence-electron chi connectivity index (χ4n) is 2.50. The summed E-state index contributed by atoms with van der Waals surface area (Å²) in [5.41, 5.74) is 12.8. The molecule has 0 atom stereocenters. The highest BCUT2D eigenvalue weighted by Crippen LogP contribution is 2.33. The first-order chi connectivity index (χ1) is 7.86. The van der Waals surface area contributed by atoms with Gasteiger partial charge < -0.3 is 10.3 Å². The minimum absolute atomic E-state index is 0.403. The Morgan fingerprint density at radius 3 is 2.18 bits per heavy atom. The van der Waals surface area contributed by atoms with E-state index in [9.17, 15) is 0 Å². The number of hydrogen-bond donors (Lipinski definition) is 1. The molecule has 0 aromatic carbocycles. The first-order valence-corrected chi connectivity index (χ1v) is 6.10. The van der Waals surface area contributed by atoms with Crippen LogP contribution in [-0.4, -0.2) is 9.55 Å². The molecule has 0 saturated carbocycles. The van der Waals surface area contributed by atoms with Crippen molar-refractivity contribution in [2.45, 2.75) is 47.6 Å². The Morgan fingerprint density at radius 2 is 1.65 bits per heavy atom. The molecular weight excluding hydrogens is 210 g/mol. The van der Waals surface area contributed by atoms with E-state index in [4.69, 9.17) is 10.7 Å². The molecule has 0 unspecified atom stereocenters. The molecule has 0 bridgehead atoms. The summed E-state index contributed by atoms with van der Waals surface area (Å²) in [6.45, 7) is 12.7. The summed E-state index contributed by atoms with van der Waals surface area (Å²) in [4.78, 5) is 4.72. The summed E-state index contributed by atoms with van der Waals surface area (Å²) in [6.07, 6.45) is 0. The standard InChI is InChI=1S/C14H21N3/c1-7(2)17-11(6)9(4)12-13(15)8(3)10(5)16-14(12)17/h7H,1-6H3,(H2,15,16). The van der Waals surface area contributed by atoms with Crippen molar-refractivity contribution in [1.29, 1.82) is 0 Å². The number of rotatable bonds is 1. The van der Waals surface area contributed by atoms with Crippen LogP contribution in [0.2, 0.25) is 0 Å². The number of aromatic nitrogens is 2. The fraction of sp³-hybridized carbons (Fsp3) is 0.500. The van der Waals surface area contributed by atoms with Gasteiger partial charge in [0.1, 0.15) is 5.65 Å². The topological polar surface area (TPSA) is 43.8 Å². The van der Waals surface area contributed by atoms with Gasteiger partial charge in [-0.15, -0.1) is 0 Å². The van der Waals surface area contributed by atoms with Gasteiger partial charge in [-0.1, -0.05) is 0 Å². The van der Waals surface area contributed by atoms with E-state index in [0.717, 1.165) is 28.0 Å². The molecule has 2 N–H and O–H groups in total. The Hall–Kier alpha value is -1.51. The minimum Gasteiger partial charge on any atom is -0.398 e. The van der Waals surface area contributed by atoms with Crippen LogP contribution in [0.5, 0.6) is 0 Å². The molecule has 0 aliphatic rings. The molecule has 3 heteroatoms. The van der Waals surface area contributed by atoms with Crippen LogP contribution in [-0.2, 0) is 0 Å². The highest BCUT2D eigenvalue weighted by Gasteiger charge is 2.18. The first kappa shape index (κ1) is 12.0. The third-order valence-electron chi connectivity index (χ3n) is 3.74. The number of anilines is 1. The third kappa shape index (κ3) is 1.53. The molecule has 0 fully saturated rings.